The topological polar surface area (TPSA) is 70.1 Å². The van der Waals surface area contributed by atoms with Crippen LogP contribution in [-0.4, -0.2) is 29.6 Å². The van der Waals surface area contributed by atoms with E-state index < -0.39 is 23.9 Å². The van der Waals surface area contributed by atoms with Gasteiger partial charge in [0.15, 0.2) is 0 Å². The number of hydrogen-bond acceptors (Lipinski definition) is 3. The highest BCUT2D eigenvalue weighted by Gasteiger charge is 2.35. The van der Waals surface area contributed by atoms with E-state index in [1.807, 2.05) is 0 Å². The van der Waals surface area contributed by atoms with Gasteiger partial charge in [0.2, 0.25) is 5.91 Å². The lowest BCUT2D eigenvalue weighted by molar-refractivity contribution is -0.122. The number of carbonyl (C=O) groups is 1. The van der Waals surface area contributed by atoms with Gasteiger partial charge in [-0.2, -0.15) is 5.26 Å². The Kier molecular flexibility index (Phi) is 3.76. The monoisotopic (exact) mass is 265 g/mol. The van der Waals surface area contributed by atoms with Crippen LogP contribution in [0, 0.1) is 17.1 Å². The number of nitriles is 1. The fraction of sp³-hybridized carbons (Fsp3) is 0.385. The Hall–Kier alpha value is -2.00. The standard InChI is InChI=1S/C13H13F2N3O/c14-10-4-12(13(17)19)18(7-10)6-8-1-2-9(5-16)11(15)3-8/h1-3,10,12H,4,6-7H2,(H2,17,19)/t10-,12+/m1/s1. The molecule has 0 spiro atoms. The Morgan fingerprint density at radius 3 is 2.89 bits per heavy atom. The van der Waals surface area contributed by atoms with Crippen molar-refractivity contribution in [3.05, 3.63) is 35.1 Å². The van der Waals surface area contributed by atoms with Crippen LogP contribution in [0.15, 0.2) is 18.2 Å². The minimum atomic E-state index is -1.10. The summed E-state index contributed by atoms with van der Waals surface area (Å²) in [4.78, 5) is 12.8. The molecule has 1 aromatic carbocycles. The SMILES string of the molecule is N#Cc1ccc(CN2C[C@H](F)C[C@H]2C(N)=O)cc1F. The van der Waals surface area contributed by atoms with E-state index in [1.165, 1.54) is 12.1 Å². The van der Waals surface area contributed by atoms with Crippen LogP contribution in [0.1, 0.15) is 17.5 Å². The van der Waals surface area contributed by atoms with Crippen molar-refractivity contribution in [1.29, 1.82) is 5.26 Å². The smallest absolute Gasteiger partial charge is 0.234 e. The number of alkyl halides is 1. The number of nitrogens with zero attached hydrogens (tertiary/aromatic N) is 2. The fourth-order valence-electron chi connectivity index (χ4n) is 2.30. The van der Waals surface area contributed by atoms with Gasteiger partial charge in [-0.05, 0) is 17.7 Å². The van der Waals surface area contributed by atoms with Gasteiger partial charge in [-0.1, -0.05) is 6.07 Å². The molecule has 19 heavy (non-hydrogen) atoms. The van der Waals surface area contributed by atoms with Gasteiger partial charge in [0.25, 0.3) is 0 Å². The highest BCUT2D eigenvalue weighted by Crippen LogP contribution is 2.23. The lowest BCUT2D eigenvalue weighted by Crippen LogP contribution is -2.39. The third-order valence-corrected chi connectivity index (χ3v) is 3.22. The van der Waals surface area contributed by atoms with Gasteiger partial charge in [0, 0.05) is 19.5 Å². The molecule has 1 saturated heterocycles. The highest BCUT2D eigenvalue weighted by molar-refractivity contribution is 5.80. The van der Waals surface area contributed by atoms with Crippen LogP contribution < -0.4 is 5.73 Å². The van der Waals surface area contributed by atoms with Gasteiger partial charge >= 0.3 is 0 Å². The average molecular weight is 265 g/mol. The average Bonchev–Trinajstić information content (AvgIpc) is 2.70. The summed E-state index contributed by atoms with van der Waals surface area (Å²) >= 11 is 0. The first-order valence-electron chi connectivity index (χ1n) is 5.87. The van der Waals surface area contributed by atoms with E-state index in [0.717, 1.165) is 0 Å². The molecule has 1 aliphatic heterocycles. The molecule has 0 aromatic heterocycles. The minimum Gasteiger partial charge on any atom is -0.368 e. The number of likely N-dealkylation sites (tertiary alicyclic amines) is 1. The second kappa shape index (κ2) is 5.33. The molecule has 1 aromatic rings. The molecule has 2 rings (SSSR count). The van der Waals surface area contributed by atoms with E-state index in [2.05, 4.69) is 0 Å². The first kappa shape index (κ1) is 13.4. The van der Waals surface area contributed by atoms with Gasteiger partial charge < -0.3 is 5.73 Å². The summed E-state index contributed by atoms with van der Waals surface area (Å²) in [6.07, 6.45) is -1.02. The first-order valence-corrected chi connectivity index (χ1v) is 5.87. The largest absolute Gasteiger partial charge is 0.368 e. The van der Waals surface area contributed by atoms with Gasteiger partial charge in [-0.15, -0.1) is 0 Å². The van der Waals surface area contributed by atoms with Crippen molar-refractivity contribution in [1.82, 2.24) is 4.90 Å². The minimum absolute atomic E-state index is 0.0417. The molecule has 6 heteroatoms. The number of hydrogen-bond donors (Lipinski definition) is 1. The fourth-order valence-corrected chi connectivity index (χ4v) is 2.30. The predicted octanol–water partition coefficient (Wildman–Crippen LogP) is 1.10. The second-order valence-corrected chi connectivity index (χ2v) is 4.61. The molecule has 0 saturated carbocycles. The van der Waals surface area contributed by atoms with Crippen LogP contribution >= 0.6 is 0 Å². The Balaban J connectivity index is 2.14. The number of primary amides is 1. The lowest BCUT2D eigenvalue weighted by atomic mass is 10.1. The zero-order valence-electron chi connectivity index (χ0n) is 10.1. The maximum absolute atomic E-state index is 13.5. The van der Waals surface area contributed by atoms with E-state index in [4.69, 9.17) is 11.0 Å². The van der Waals surface area contributed by atoms with Crippen molar-refractivity contribution >= 4 is 5.91 Å². The van der Waals surface area contributed by atoms with Crippen LogP contribution in [0.2, 0.25) is 0 Å². The summed E-state index contributed by atoms with van der Waals surface area (Å²) in [6, 6.07) is 5.25. The maximum atomic E-state index is 13.5. The number of rotatable bonds is 3. The van der Waals surface area contributed by atoms with E-state index in [1.54, 1.807) is 17.0 Å². The maximum Gasteiger partial charge on any atom is 0.234 e. The van der Waals surface area contributed by atoms with Gasteiger partial charge in [0.1, 0.15) is 18.1 Å². The van der Waals surface area contributed by atoms with Crippen molar-refractivity contribution in [2.45, 2.75) is 25.2 Å². The van der Waals surface area contributed by atoms with Crippen molar-refractivity contribution in [2.24, 2.45) is 5.73 Å². The first-order chi connectivity index (χ1) is 9.01. The predicted molar refractivity (Wildman–Crippen MR) is 64.0 cm³/mol. The van der Waals surface area contributed by atoms with Crippen LogP contribution in [0.3, 0.4) is 0 Å². The molecule has 100 valence electrons. The lowest BCUT2D eigenvalue weighted by Gasteiger charge is -2.21. The zero-order valence-corrected chi connectivity index (χ0v) is 10.1. The third-order valence-electron chi connectivity index (χ3n) is 3.22. The summed E-state index contributed by atoms with van der Waals surface area (Å²) < 4.78 is 26.8. The third kappa shape index (κ3) is 2.88. The van der Waals surface area contributed by atoms with Crippen molar-refractivity contribution in [3.63, 3.8) is 0 Å². The molecular formula is C13H13F2N3O. The summed E-state index contributed by atoms with van der Waals surface area (Å²) in [5, 5.41) is 8.63. The molecule has 1 fully saturated rings. The number of benzene rings is 1. The van der Waals surface area contributed by atoms with E-state index in [9.17, 15) is 13.6 Å². The summed E-state index contributed by atoms with van der Waals surface area (Å²) in [7, 11) is 0. The Morgan fingerprint density at radius 2 is 2.32 bits per heavy atom. The molecular weight excluding hydrogens is 252 g/mol. The normalized spacial score (nSPS) is 23.2. The molecule has 0 radical (unpaired) electrons. The summed E-state index contributed by atoms with van der Waals surface area (Å²) in [5.41, 5.74) is 5.75. The second-order valence-electron chi connectivity index (χ2n) is 4.61. The molecule has 0 bridgehead atoms. The highest BCUT2D eigenvalue weighted by atomic mass is 19.1. The quantitative estimate of drug-likeness (QED) is 0.889. The summed E-state index contributed by atoms with van der Waals surface area (Å²) in [6.45, 7) is 0.339. The molecule has 1 amide bonds. The Morgan fingerprint density at radius 1 is 1.58 bits per heavy atom. The molecule has 2 N–H and O–H groups in total. The summed E-state index contributed by atoms with van der Waals surface area (Å²) in [5.74, 6) is -1.19. The number of nitrogens with two attached hydrogens (primary N) is 1. The van der Waals surface area contributed by atoms with Gasteiger partial charge in [-0.25, -0.2) is 8.78 Å². The Labute approximate surface area is 109 Å². The molecule has 1 heterocycles. The van der Waals surface area contributed by atoms with Crippen molar-refractivity contribution in [2.75, 3.05) is 6.54 Å². The molecule has 0 unspecified atom stereocenters. The molecule has 0 aliphatic carbocycles. The van der Waals surface area contributed by atoms with Crippen LogP contribution in [0.25, 0.3) is 0 Å². The number of carbonyl (C=O) groups excluding carboxylic acids is 1. The van der Waals surface area contributed by atoms with Crippen LogP contribution in [0.4, 0.5) is 8.78 Å². The van der Waals surface area contributed by atoms with E-state index >= 15 is 0 Å². The van der Waals surface area contributed by atoms with Crippen molar-refractivity contribution in [3.8, 4) is 6.07 Å². The van der Waals surface area contributed by atoms with Crippen LogP contribution in [0.5, 0.6) is 0 Å². The van der Waals surface area contributed by atoms with E-state index in [-0.39, 0.29) is 25.1 Å². The number of amides is 1. The number of halogens is 2. The van der Waals surface area contributed by atoms with Gasteiger partial charge in [0.05, 0.1) is 11.6 Å². The van der Waals surface area contributed by atoms with Crippen LogP contribution in [-0.2, 0) is 11.3 Å². The molecule has 4 nitrogen and oxygen atoms in total. The molecule has 1 aliphatic rings. The zero-order chi connectivity index (χ0) is 14.0. The van der Waals surface area contributed by atoms with Crippen molar-refractivity contribution < 1.29 is 13.6 Å². The van der Waals surface area contributed by atoms with Gasteiger partial charge in [-0.3, -0.25) is 9.69 Å². The van der Waals surface area contributed by atoms with E-state index in [0.29, 0.717) is 5.56 Å². The Bertz CT molecular complexity index is 541. The molecule has 2 atom stereocenters.